The molecule has 2 saturated carbocycles. The van der Waals surface area contributed by atoms with Crippen LogP contribution in [0.5, 0.6) is 0 Å². The number of imide groups is 1. The second kappa shape index (κ2) is 6.86. The van der Waals surface area contributed by atoms with Crippen LogP contribution in [0.3, 0.4) is 0 Å². The van der Waals surface area contributed by atoms with Crippen molar-refractivity contribution >= 4 is 23.9 Å². The van der Waals surface area contributed by atoms with Crippen molar-refractivity contribution in [2.45, 2.75) is 51.7 Å². The lowest BCUT2D eigenvalue weighted by atomic mass is 9.71. The first-order valence-electron chi connectivity index (χ1n) is 9.83. The van der Waals surface area contributed by atoms with Crippen LogP contribution < -0.4 is 5.32 Å². The number of alkyl carbamates (subject to hydrolysis) is 1. The third-order valence-electron chi connectivity index (χ3n) is 5.80. The Labute approximate surface area is 168 Å². The van der Waals surface area contributed by atoms with Gasteiger partial charge < -0.3 is 14.9 Å². The predicted molar refractivity (Wildman–Crippen MR) is 101 cm³/mol. The number of nitrogens with zero attached hydrogens (tertiary/aromatic N) is 1. The molecule has 4 unspecified atom stereocenters. The molecule has 0 spiro atoms. The summed E-state index contributed by atoms with van der Waals surface area (Å²) in [6.45, 7) is 5.41. The van der Waals surface area contributed by atoms with Gasteiger partial charge in [-0.3, -0.25) is 9.59 Å². The standard InChI is InChI=1S/C21H24N2O6/c1-21(2,3)28-20(27)22-16-10-11-8-12(9-15(11)16)19(26)29-23-17(24)13-6-4-5-7-14(13)18(23)25/h4-7,11-12,15-16H,8-10H2,1-3H3,(H,22,27). The molecule has 4 atom stereocenters. The molecule has 8 nitrogen and oxygen atoms in total. The molecule has 0 radical (unpaired) electrons. The van der Waals surface area contributed by atoms with E-state index in [0.717, 1.165) is 6.42 Å². The summed E-state index contributed by atoms with van der Waals surface area (Å²) in [7, 11) is 0. The van der Waals surface area contributed by atoms with Crippen LogP contribution in [0.15, 0.2) is 24.3 Å². The van der Waals surface area contributed by atoms with Gasteiger partial charge in [-0.25, -0.2) is 9.59 Å². The zero-order valence-electron chi connectivity index (χ0n) is 16.6. The van der Waals surface area contributed by atoms with Gasteiger partial charge >= 0.3 is 12.1 Å². The van der Waals surface area contributed by atoms with Crippen molar-refractivity contribution in [3.05, 3.63) is 35.4 Å². The van der Waals surface area contributed by atoms with Crippen molar-refractivity contribution in [3.63, 3.8) is 0 Å². The molecule has 2 aliphatic carbocycles. The second-order valence-corrected chi connectivity index (χ2v) is 8.94. The first kappa shape index (κ1) is 19.4. The van der Waals surface area contributed by atoms with Crippen LogP contribution >= 0.6 is 0 Å². The Kier molecular flexibility index (Phi) is 4.59. The van der Waals surface area contributed by atoms with Gasteiger partial charge in [-0.15, -0.1) is 0 Å². The van der Waals surface area contributed by atoms with Gasteiger partial charge in [-0.05, 0) is 64.0 Å². The van der Waals surface area contributed by atoms with E-state index in [2.05, 4.69) is 5.32 Å². The van der Waals surface area contributed by atoms with E-state index < -0.39 is 35.4 Å². The largest absolute Gasteiger partial charge is 0.444 e. The van der Waals surface area contributed by atoms with Crippen molar-refractivity contribution in [2.75, 3.05) is 0 Å². The van der Waals surface area contributed by atoms with E-state index in [0.29, 0.717) is 23.8 Å². The minimum Gasteiger partial charge on any atom is -0.444 e. The van der Waals surface area contributed by atoms with Gasteiger partial charge in [0, 0.05) is 6.04 Å². The average molecular weight is 400 g/mol. The molecule has 8 heteroatoms. The number of hydroxylamine groups is 2. The summed E-state index contributed by atoms with van der Waals surface area (Å²) in [5.41, 5.74) is -0.0985. The van der Waals surface area contributed by atoms with Gasteiger partial charge in [0.15, 0.2) is 0 Å². The normalized spacial score (nSPS) is 27.8. The van der Waals surface area contributed by atoms with E-state index in [1.165, 1.54) is 12.1 Å². The number of hydrogen-bond acceptors (Lipinski definition) is 6. The Morgan fingerprint density at radius 1 is 1.03 bits per heavy atom. The summed E-state index contributed by atoms with van der Waals surface area (Å²) in [4.78, 5) is 54.5. The Morgan fingerprint density at radius 3 is 2.24 bits per heavy atom. The lowest BCUT2D eigenvalue weighted by molar-refractivity contribution is -0.173. The molecule has 3 aliphatic rings. The molecule has 1 aromatic carbocycles. The fourth-order valence-corrected chi connectivity index (χ4v) is 4.46. The fourth-order valence-electron chi connectivity index (χ4n) is 4.46. The Bertz CT molecular complexity index is 854. The number of fused-ring (bicyclic) bond motifs is 2. The van der Waals surface area contributed by atoms with Crippen LogP contribution in [0.25, 0.3) is 0 Å². The summed E-state index contributed by atoms with van der Waals surface area (Å²) >= 11 is 0. The molecular formula is C21H24N2O6. The summed E-state index contributed by atoms with van der Waals surface area (Å²) in [6, 6.07) is 6.34. The molecule has 0 bridgehead atoms. The first-order valence-corrected chi connectivity index (χ1v) is 9.83. The molecule has 2 fully saturated rings. The number of carbonyl (C=O) groups is 4. The smallest absolute Gasteiger partial charge is 0.407 e. The van der Waals surface area contributed by atoms with Crippen LogP contribution in [-0.4, -0.2) is 40.6 Å². The highest BCUT2D eigenvalue weighted by atomic mass is 16.7. The van der Waals surface area contributed by atoms with Crippen molar-refractivity contribution < 1.29 is 28.8 Å². The third kappa shape index (κ3) is 3.59. The molecule has 0 saturated heterocycles. The minimum absolute atomic E-state index is 0.0352. The number of nitrogens with one attached hydrogen (secondary N) is 1. The molecule has 1 heterocycles. The predicted octanol–water partition coefficient (Wildman–Crippen LogP) is 2.68. The lowest BCUT2D eigenvalue weighted by Gasteiger charge is -2.40. The van der Waals surface area contributed by atoms with Gasteiger partial charge in [0.2, 0.25) is 0 Å². The maximum atomic E-state index is 12.6. The Morgan fingerprint density at radius 2 is 1.66 bits per heavy atom. The SMILES string of the molecule is CC(C)(C)OC(=O)NC1CC2CC(C(=O)ON3C(=O)c4ccccc4C3=O)CC21. The Balaban J connectivity index is 1.33. The minimum atomic E-state index is -0.621. The van der Waals surface area contributed by atoms with Crippen LogP contribution in [-0.2, 0) is 14.4 Å². The van der Waals surface area contributed by atoms with Crippen molar-refractivity contribution in [1.29, 1.82) is 0 Å². The highest BCUT2D eigenvalue weighted by Gasteiger charge is 2.51. The van der Waals surface area contributed by atoms with E-state index in [4.69, 9.17) is 9.57 Å². The number of benzene rings is 1. The quantitative estimate of drug-likeness (QED) is 0.783. The summed E-state index contributed by atoms with van der Waals surface area (Å²) < 4.78 is 5.29. The average Bonchev–Trinajstić information content (AvgIpc) is 3.09. The van der Waals surface area contributed by atoms with Gasteiger partial charge in [0.05, 0.1) is 17.0 Å². The molecule has 0 aromatic heterocycles. The van der Waals surface area contributed by atoms with Crippen molar-refractivity contribution in [3.8, 4) is 0 Å². The first-order chi connectivity index (χ1) is 13.6. The van der Waals surface area contributed by atoms with Crippen molar-refractivity contribution in [1.82, 2.24) is 10.4 Å². The maximum absolute atomic E-state index is 12.6. The van der Waals surface area contributed by atoms with E-state index in [-0.39, 0.29) is 23.1 Å². The summed E-state index contributed by atoms with van der Waals surface area (Å²) in [5, 5.41) is 3.43. The third-order valence-corrected chi connectivity index (χ3v) is 5.80. The molecule has 154 valence electrons. The van der Waals surface area contributed by atoms with Crippen LogP contribution in [0, 0.1) is 17.8 Å². The zero-order valence-corrected chi connectivity index (χ0v) is 16.6. The Hall–Kier alpha value is -2.90. The van der Waals surface area contributed by atoms with E-state index in [1.807, 2.05) is 0 Å². The molecule has 1 N–H and O–H groups in total. The molecule has 1 aromatic rings. The van der Waals surface area contributed by atoms with Gasteiger partial charge in [-0.2, -0.15) is 0 Å². The van der Waals surface area contributed by atoms with Gasteiger partial charge in [-0.1, -0.05) is 17.2 Å². The maximum Gasteiger partial charge on any atom is 0.407 e. The molecule has 3 amide bonds. The van der Waals surface area contributed by atoms with Crippen molar-refractivity contribution in [2.24, 2.45) is 17.8 Å². The topological polar surface area (TPSA) is 102 Å². The number of amides is 3. The van der Waals surface area contributed by atoms with Crippen LogP contribution in [0.4, 0.5) is 4.79 Å². The van der Waals surface area contributed by atoms with E-state index in [1.54, 1.807) is 32.9 Å². The number of ether oxygens (including phenoxy) is 1. The monoisotopic (exact) mass is 400 g/mol. The summed E-state index contributed by atoms with van der Waals surface area (Å²) in [5.74, 6) is -1.74. The number of rotatable bonds is 3. The molecule has 1 aliphatic heterocycles. The van der Waals surface area contributed by atoms with E-state index in [9.17, 15) is 19.2 Å². The highest BCUT2D eigenvalue weighted by molar-refractivity contribution is 6.20. The molecule has 29 heavy (non-hydrogen) atoms. The number of hydrogen-bond donors (Lipinski definition) is 1. The highest BCUT2D eigenvalue weighted by Crippen LogP contribution is 2.50. The van der Waals surface area contributed by atoms with Gasteiger partial charge in [0.25, 0.3) is 11.8 Å². The lowest BCUT2D eigenvalue weighted by Crippen LogP contribution is -2.51. The van der Waals surface area contributed by atoms with E-state index >= 15 is 0 Å². The van der Waals surface area contributed by atoms with Crippen LogP contribution in [0.2, 0.25) is 0 Å². The number of carbonyl (C=O) groups excluding carboxylic acids is 4. The zero-order chi connectivity index (χ0) is 20.9. The summed E-state index contributed by atoms with van der Waals surface area (Å²) in [6.07, 6.45) is 1.49. The fraction of sp³-hybridized carbons (Fsp3) is 0.524. The van der Waals surface area contributed by atoms with Gasteiger partial charge in [0.1, 0.15) is 5.60 Å². The molecular weight excluding hydrogens is 376 g/mol. The molecule has 4 rings (SSSR count). The van der Waals surface area contributed by atoms with Crippen LogP contribution in [0.1, 0.15) is 60.7 Å². The second-order valence-electron chi connectivity index (χ2n) is 8.94.